The second-order valence-electron chi connectivity index (χ2n) is 6.16. The van der Waals surface area contributed by atoms with Crippen LogP contribution in [0, 0.1) is 0 Å². The first kappa shape index (κ1) is 16.4. The van der Waals surface area contributed by atoms with Crippen molar-refractivity contribution in [3.8, 4) is 0 Å². The third kappa shape index (κ3) is 3.40. The van der Waals surface area contributed by atoms with Crippen molar-refractivity contribution in [3.63, 3.8) is 0 Å². The van der Waals surface area contributed by atoms with Gasteiger partial charge in [-0.1, -0.05) is 18.2 Å². The molecule has 1 saturated carbocycles. The van der Waals surface area contributed by atoms with E-state index >= 15 is 0 Å². The lowest BCUT2D eigenvalue weighted by atomic mass is 10.0. The zero-order chi connectivity index (χ0) is 17.1. The average Bonchev–Trinajstić information content (AvgIpc) is 3.43. The Morgan fingerprint density at radius 3 is 2.67 bits per heavy atom. The first-order chi connectivity index (χ1) is 11.6. The van der Waals surface area contributed by atoms with Crippen molar-refractivity contribution in [1.29, 1.82) is 0 Å². The fourth-order valence-corrected chi connectivity index (χ4v) is 2.89. The lowest BCUT2D eigenvalue weighted by Crippen LogP contribution is -2.40. The van der Waals surface area contributed by atoms with Gasteiger partial charge in [0.05, 0.1) is 17.6 Å². The number of pyridine rings is 1. The van der Waals surface area contributed by atoms with E-state index in [0.717, 1.165) is 29.4 Å². The fraction of sp³-hybridized carbons (Fsp3) is 0.421. The van der Waals surface area contributed by atoms with Crippen molar-refractivity contribution < 1.29 is 9.59 Å². The van der Waals surface area contributed by atoms with Crippen LogP contribution in [0.2, 0.25) is 0 Å². The number of rotatable bonds is 6. The molecular formula is C19H23N3O2. The summed E-state index contributed by atoms with van der Waals surface area (Å²) >= 11 is 0. The van der Waals surface area contributed by atoms with Crippen LogP contribution in [0.4, 0.5) is 0 Å². The molecule has 3 rings (SSSR count). The predicted octanol–water partition coefficient (Wildman–Crippen LogP) is 2.71. The largest absolute Gasteiger partial charge is 0.355 e. The molecule has 0 spiro atoms. The van der Waals surface area contributed by atoms with Crippen LogP contribution >= 0.6 is 0 Å². The summed E-state index contributed by atoms with van der Waals surface area (Å²) in [7, 11) is 0. The first-order valence-electron chi connectivity index (χ1n) is 8.59. The van der Waals surface area contributed by atoms with Crippen LogP contribution in [0.15, 0.2) is 30.3 Å². The Morgan fingerprint density at radius 1 is 1.25 bits per heavy atom. The Bertz CT molecular complexity index is 768. The van der Waals surface area contributed by atoms with Gasteiger partial charge in [-0.3, -0.25) is 14.6 Å². The molecule has 5 nitrogen and oxygen atoms in total. The van der Waals surface area contributed by atoms with Crippen LogP contribution in [0.25, 0.3) is 10.9 Å². The molecule has 0 radical (unpaired) electrons. The topological polar surface area (TPSA) is 62.3 Å². The summed E-state index contributed by atoms with van der Waals surface area (Å²) in [5.41, 5.74) is 2.49. The lowest BCUT2D eigenvalue weighted by molar-refractivity contribution is -0.121. The summed E-state index contributed by atoms with van der Waals surface area (Å²) in [6.45, 7) is 4.90. The number of hydrogen-bond donors (Lipinski definition) is 1. The standard InChI is InChI=1S/C19H23N3O2/c1-3-20-18(23)12-22(4-2)19(24)15-11-17(13-9-10-13)21-16-8-6-5-7-14(15)16/h5-8,11,13H,3-4,9-10,12H2,1-2H3,(H,20,23). The number of carbonyl (C=O) groups excluding carboxylic acids is 2. The number of benzene rings is 1. The third-order valence-corrected chi connectivity index (χ3v) is 4.34. The van der Waals surface area contributed by atoms with Gasteiger partial charge in [-0.05, 0) is 38.8 Å². The molecule has 126 valence electrons. The lowest BCUT2D eigenvalue weighted by Gasteiger charge is -2.21. The summed E-state index contributed by atoms with van der Waals surface area (Å²) in [4.78, 5) is 31.2. The third-order valence-electron chi connectivity index (χ3n) is 4.34. The Kier molecular flexibility index (Phi) is 4.79. The smallest absolute Gasteiger partial charge is 0.255 e. The highest BCUT2D eigenvalue weighted by Gasteiger charge is 2.28. The van der Waals surface area contributed by atoms with E-state index in [9.17, 15) is 9.59 Å². The van der Waals surface area contributed by atoms with Crippen LogP contribution < -0.4 is 5.32 Å². The maximum Gasteiger partial charge on any atom is 0.255 e. The summed E-state index contributed by atoms with van der Waals surface area (Å²) < 4.78 is 0. The molecule has 1 aromatic heterocycles. The SMILES string of the molecule is CCNC(=O)CN(CC)C(=O)c1cc(C2CC2)nc2ccccc12. The fourth-order valence-electron chi connectivity index (χ4n) is 2.89. The summed E-state index contributed by atoms with van der Waals surface area (Å²) in [6.07, 6.45) is 2.27. The van der Waals surface area contributed by atoms with Crippen molar-refractivity contribution in [2.45, 2.75) is 32.6 Å². The Hall–Kier alpha value is -2.43. The van der Waals surface area contributed by atoms with E-state index in [4.69, 9.17) is 4.98 Å². The van der Waals surface area contributed by atoms with Crippen LogP contribution in [-0.4, -0.2) is 41.3 Å². The molecule has 2 aromatic rings. The number of likely N-dealkylation sites (N-methyl/N-ethyl adjacent to an activating group) is 2. The molecule has 0 aliphatic heterocycles. The molecule has 1 aromatic carbocycles. The molecule has 0 saturated heterocycles. The van der Waals surface area contributed by atoms with Crippen LogP contribution in [0.3, 0.4) is 0 Å². The van der Waals surface area contributed by atoms with E-state index in [1.165, 1.54) is 0 Å². The van der Waals surface area contributed by atoms with E-state index < -0.39 is 0 Å². The van der Waals surface area contributed by atoms with Crippen molar-refractivity contribution in [3.05, 3.63) is 41.6 Å². The van der Waals surface area contributed by atoms with Gasteiger partial charge < -0.3 is 10.2 Å². The highest BCUT2D eigenvalue weighted by atomic mass is 16.2. The first-order valence-corrected chi connectivity index (χ1v) is 8.59. The molecule has 24 heavy (non-hydrogen) atoms. The molecule has 1 aliphatic rings. The van der Waals surface area contributed by atoms with Gasteiger partial charge in [-0.2, -0.15) is 0 Å². The quantitative estimate of drug-likeness (QED) is 0.888. The minimum atomic E-state index is -0.131. The maximum atomic E-state index is 13.0. The van der Waals surface area contributed by atoms with Gasteiger partial charge in [0.2, 0.25) is 5.91 Å². The van der Waals surface area contributed by atoms with E-state index in [0.29, 0.717) is 24.6 Å². The molecule has 2 amide bonds. The molecule has 1 fully saturated rings. The van der Waals surface area contributed by atoms with E-state index in [1.807, 2.05) is 44.2 Å². The van der Waals surface area contributed by atoms with Crippen LogP contribution in [-0.2, 0) is 4.79 Å². The second kappa shape index (κ2) is 6.99. The van der Waals surface area contributed by atoms with Crippen LogP contribution in [0.5, 0.6) is 0 Å². The molecule has 0 bridgehead atoms. The summed E-state index contributed by atoms with van der Waals surface area (Å²) in [6, 6.07) is 9.64. The Labute approximate surface area is 142 Å². The minimum absolute atomic E-state index is 0.0819. The predicted molar refractivity (Wildman–Crippen MR) is 94.0 cm³/mol. The monoisotopic (exact) mass is 325 g/mol. The highest BCUT2D eigenvalue weighted by Crippen LogP contribution is 2.40. The van der Waals surface area contributed by atoms with E-state index in [2.05, 4.69) is 5.32 Å². The maximum absolute atomic E-state index is 13.0. The van der Waals surface area contributed by atoms with Crippen molar-refractivity contribution >= 4 is 22.7 Å². The number of nitrogens with one attached hydrogen (secondary N) is 1. The van der Waals surface area contributed by atoms with Crippen molar-refractivity contribution in [1.82, 2.24) is 15.2 Å². The second-order valence-corrected chi connectivity index (χ2v) is 6.16. The number of para-hydroxylation sites is 1. The molecule has 1 N–H and O–H groups in total. The molecule has 1 heterocycles. The number of carbonyl (C=O) groups is 2. The average molecular weight is 325 g/mol. The van der Waals surface area contributed by atoms with Crippen LogP contribution in [0.1, 0.15) is 48.7 Å². The van der Waals surface area contributed by atoms with E-state index in [1.54, 1.807) is 4.90 Å². The molecule has 0 unspecified atom stereocenters. The van der Waals surface area contributed by atoms with Gasteiger partial charge in [0.1, 0.15) is 0 Å². The van der Waals surface area contributed by atoms with Gasteiger partial charge in [-0.25, -0.2) is 0 Å². The van der Waals surface area contributed by atoms with Crippen molar-refractivity contribution in [2.75, 3.05) is 19.6 Å². The highest BCUT2D eigenvalue weighted by molar-refractivity contribution is 6.07. The van der Waals surface area contributed by atoms with Crippen molar-refractivity contribution in [2.24, 2.45) is 0 Å². The molecule has 1 aliphatic carbocycles. The van der Waals surface area contributed by atoms with Gasteiger partial charge >= 0.3 is 0 Å². The Morgan fingerprint density at radius 2 is 2.00 bits per heavy atom. The van der Waals surface area contributed by atoms with E-state index in [-0.39, 0.29) is 18.4 Å². The normalized spacial score (nSPS) is 13.8. The van der Waals surface area contributed by atoms with Gasteiger partial charge in [0, 0.05) is 30.1 Å². The number of hydrogen-bond acceptors (Lipinski definition) is 3. The zero-order valence-corrected chi connectivity index (χ0v) is 14.2. The number of amides is 2. The van der Waals surface area contributed by atoms with Gasteiger partial charge in [0.25, 0.3) is 5.91 Å². The molecule has 5 heteroatoms. The zero-order valence-electron chi connectivity index (χ0n) is 14.2. The minimum Gasteiger partial charge on any atom is -0.355 e. The summed E-state index contributed by atoms with van der Waals surface area (Å²) in [5, 5.41) is 3.60. The Balaban J connectivity index is 1.96. The van der Waals surface area contributed by atoms with Gasteiger partial charge in [-0.15, -0.1) is 0 Å². The number of nitrogens with zero attached hydrogens (tertiary/aromatic N) is 2. The number of aromatic nitrogens is 1. The van der Waals surface area contributed by atoms with Gasteiger partial charge in [0.15, 0.2) is 0 Å². The number of fused-ring (bicyclic) bond motifs is 1. The molecule has 0 atom stereocenters. The molecular weight excluding hydrogens is 302 g/mol. The summed E-state index contributed by atoms with van der Waals surface area (Å²) in [5.74, 6) is 0.234.